The summed E-state index contributed by atoms with van der Waals surface area (Å²) < 4.78 is 17.6. The molecule has 6 rings (SSSR count). The van der Waals surface area contributed by atoms with Gasteiger partial charge >= 0.3 is 6.09 Å². The second-order valence-electron chi connectivity index (χ2n) is 11.9. The van der Waals surface area contributed by atoms with E-state index in [1.807, 2.05) is 115 Å². The van der Waals surface area contributed by atoms with Gasteiger partial charge in [-0.15, -0.1) is 0 Å². The first-order valence-corrected chi connectivity index (χ1v) is 16.5. The molecule has 1 aliphatic rings. The van der Waals surface area contributed by atoms with E-state index < -0.39 is 18.1 Å². The van der Waals surface area contributed by atoms with Crippen LogP contribution in [0.15, 0.2) is 121 Å². The number of morpholine rings is 1. The largest absolute Gasteiger partial charge is 0.490 e. The predicted molar refractivity (Wildman–Crippen MR) is 188 cm³/mol. The molecule has 0 spiro atoms. The number of anilines is 1. The lowest BCUT2D eigenvalue weighted by atomic mass is 9.84. The van der Waals surface area contributed by atoms with Crippen molar-refractivity contribution >= 4 is 17.7 Å². The third-order valence-electron chi connectivity index (χ3n) is 8.62. The highest BCUT2D eigenvalue weighted by Gasteiger charge is 2.33. The molecule has 1 aliphatic heterocycles. The fraction of sp³-hybridized carbons (Fsp3) is 0.256. The SMILES string of the molecule is COC(=O)N[C@H](C(=O)Nc1ccccc1CC[C@H]1CNC[C@@H](COc2ccccc2-c2cc[nH]n2)O1)C(c1ccccc1)c1ccccc1. The minimum absolute atomic E-state index is 0.0398. The van der Waals surface area contributed by atoms with E-state index in [0.29, 0.717) is 25.3 Å². The number of aromatic amines is 1. The number of nitrogens with one attached hydrogen (secondary N) is 4. The summed E-state index contributed by atoms with van der Waals surface area (Å²) in [6.07, 6.45) is 2.35. The van der Waals surface area contributed by atoms with Crippen molar-refractivity contribution in [2.45, 2.75) is 37.0 Å². The summed E-state index contributed by atoms with van der Waals surface area (Å²) >= 11 is 0. The molecule has 5 aromatic rings. The molecule has 0 radical (unpaired) electrons. The van der Waals surface area contributed by atoms with E-state index >= 15 is 0 Å². The Hall–Kier alpha value is -5.45. The number of aromatic nitrogens is 2. The van der Waals surface area contributed by atoms with Gasteiger partial charge in [-0.3, -0.25) is 9.89 Å². The number of methoxy groups -OCH3 is 1. The molecule has 3 atom stereocenters. The molecule has 4 aromatic carbocycles. The maximum absolute atomic E-state index is 14.1. The number of amides is 2. The number of benzene rings is 4. The number of carbonyl (C=O) groups excluding carboxylic acids is 2. The van der Waals surface area contributed by atoms with E-state index in [0.717, 1.165) is 46.7 Å². The summed E-state index contributed by atoms with van der Waals surface area (Å²) in [6.45, 7) is 1.80. The minimum atomic E-state index is -0.949. The first-order valence-electron chi connectivity index (χ1n) is 16.5. The fourth-order valence-corrected chi connectivity index (χ4v) is 6.21. The van der Waals surface area contributed by atoms with Gasteiger partial charge in [-0.05, 0) is 53.8 Å². The van der Waals surface area contributed by atoms with Crippen LogP contribution in [0, 0.1) is 0 Å². The Labute approximate surface area is 286 Å². The average Bonchev–Trinajstić information content (AvgIpc) is 3.70. The van der Waals surface area contributed by atoms with Crippen LogP contribution in [-0.2, 0) is 20.7 Å². The van der Waals surface area contributed by atoms with Crippen LogP contribution < -0.4 is 20.7 Å². The zero-order valence-corrected chi connectivity index (χ0v) is 27.4. The number of hydrogen-bond acceptors (Lipinski definition) is 7. The van der Waals surface area contributed by atoms with E-state index in [-0.39, 0.29) is 18.1 Å². The zero-order chi connectivity index (χ0) is 33.8. The van der Waals surface area contributed by atoms with E-state index in [9.17, 15) is 9.59 Å². The smallest absolute Gasteiger partial charge is 0.407 e. The van der Waals surface area contributed by atoms with Crippen LogP contribution in [0.25, 0.3) is 11.3 Å². The molecule has 0 saturated carbocycles. The van der Waals surface area contributed by atoms with Crippen molar-refractivity contribution < 1.29 is 23.8 Å². The van der Waals surface area contributed by atoms with E-state index in [4.69, 9.17) is 14.2 Å². The normalized spacial score (nSPS) is 16.4. The monoisotopic (exact) mass is 659 g/mol. The predicted octanol–water partition coefficient (Wildman–Crippen LogP) is 5.94. The van der Waals surface area contributed by atoms with Gasteiger partial charge < -0.3 is 30.2 Å². The highest BCUT2D eigenvalue weighted by atomic mass is 16.5. The standard InChI is InChI=1S/C39H41N5O5/c1-47-39(46)43-37(36(28-13-4-2-5-14-28)29-15-6-3-7-16-29)38(45)42-33-18-10-8-12-27(33)20-21-30-24-40-25-31(49-30)26-48-35-19-11-9-17-32(35)34-22-23-41-44-34/h2-19,22-23,30-31,36-37,40H,20-21,24-26H2,1H3,(H,41,44)(H,42,45)(H,43,46)/t30-,31-,37-/m0/s1. The number of para-hydroxylation sites is 2. The summed E-state index contributed by atoms with van der Waals surface area (Å²) in [5, 5.41) is 16.6. The Kier molecular flexibility index (Phi) is 11.3. The molecule has 0 unspecified atom stereocenters. The van der Waals surface area contributed by atoms with E-state index in [2.05, 4.69) is 26.1 Å². The van der Waals surface area contributed by atoms with Crippen LogP contribution in [0.1, 0.15) is 29.0 Å². The maximum Gasteiger partial charge on any atom is 0.407 e. The van der Waals surface area contributed by atoms with Gasteiger partial charge in [0.2, 0.25) is 5.91 Å². The summed E-state index contributed by atoms with van der Waals surface area (Å²) in [4.78, 5) is 26.7. The summed E-state index contributed by atoms with van der Waals surface area (Å²) in [6, 6.07) is 35.9. The average molecular weight is 660 g/mol. The van der Waals surface area contributed by atoms with Gasteiger partial charge in [0.25, 0.3) is 0 Å². The van der Waals surface area contributed by atoms with Gasteiger partial charge in [0.1, 0.15) is 24.5 Å². The number of ether oxygens (including phenoxy) is 3. The number of H-pyrrole nitrogens is 1. The summed E-state index contributed by atoms with van der Waals surface area (Å²) in [7, 11) is 1.29. The molecule has 2 amide bonds. The van der Waals surface area contributed by atoms with Crippen molar-refractivity contribution in [3.05, 3.63) is 138 Å². The fourth-order valence-electron chi connectivity index (χ4n) is 6.21. The third kappa shape index (κ3) is 8.72. The molecule has 2 heterocycles. The number of hydrogen-bond donors (Lipinski definition) is 4. The summed E-state index contributed by atoms with van der Waals surface area (Å²) in [5.74, 6) is -0.0500. The van der Waals surface area contributed by atoms with Crippen molar-refractivity contribution in [3.8, 4) is 17.0 Å². The van der Waals surface area contributed by atoms with Crippen LogP contribution in [-0.4, -0.2) is 67.3 Å². The van der Waals surface area contributed by atoms with Crippen LogP contribution in [0.4, 0.5) is 10.5 Å². The molecular formula is C39H41N5O5. The molecule has 10 heteroatoms. The van der Waals surface area contributed by atoms with Gasteiger partial charge in [0.05, 0.1) is 18.9 Å². The van der Waals surface area contributed by atoms with Gasteiger partial charge in [-0.25, -0.2) is 4.79 Å². The molecule has 10 nitrogen and oxygen atoms in total. The Balaban J connectivity index is 1.12. The molecule has 0 bridgehead atoms. The van der Waals surface area contributed by atoms with Crippen LogP contribution >= 0.6 is 0 Å². The van der Waals surface area contributed by atoms with E-state index in [1.165, 1.54) is 7.11 Å². The molecule has 1 fully saturated rings. The Morgan fingerprint density at radius 1 is 0.857 bits per heavy atom. The lowest BCUT2D eigenvalue weighted by Gasteiger charge is -2.31. The van der Waals surface area contributed by atoms with Crippen molar-refractivity contribution in [2.24, 2.45) is 0 Å². The van der Waals surface area contributed by atoms with Crippen LogP contribution in [0.5, 0.6) is 5.75 Å². The summed E-state index contributed by atoms with van der Waals surface area (Å²) in [5.41, 5.74) is 5.18. The third-order valence-corrected chi connectivity index (χ3v) is 8.62. The lowest BCUT2D eigenvalue weighted by Crippen LogP contribution is -2.48. The quantitative estimate of drug-likeness (QED) is 0.123. The van der Waals surface area contributed by atoms with Crippen molar-refractivity contribution in [1.29, 1.82) is 0 Å². The van der Waals surface area contributed by atoms with Crippen molar-refractivity contribution in [3.63, 3.8) is 0 Å². The molecule has 1 aromatic heterocycles. The molecule has 49 heavy (non-hydrogen) atoms. The number of nitrogens with zero attached hydrogens (tertiary/aromatic N) is 1. The highest BCUT2D eigenvalue weighted by molar-refractivity contribution is 5.98. The van der Waals surface area contributed by atoms with Gasteiger partial charge in [-0.1, -0.05) is 91.0 Å². The molecule has 0 aliphatic carbocycles. The minimum Gasteiger partial charge on any atom is -0.490 e. The first kappa shape index (κ1) is 33.5. The Morgan fingerprint density at radius 2 is 1.53 bits per heavy atom. The second-order valence-corrected chi connectivity index (χ2v) is 11.9. The molecule has 4 N–H and O–H groups in total. The number of alkyl carbamates (subject to hydrolysis) is 1. The number of carbonyl (C=O) groups is 2. The number of rotatable bonds is 13. The van der Waals surface area contributed by atoms with Gasteiger partial charge in [0.15, 0.2) is 0 Å². The maximum atomic E-state index is 14.1. The van der Waals surface area contributed by atoms with Gasteiger partial charge in [-0.2, -0.15) is 5.10 Å². The lowest BCUT2D eigenvalue weighted by molar-refractivity contribution is -0.118. The van der Waals surface area contributed by atoms with E-state index in [1.54, 1.807) is 6.20 Å². The van der Waals surface area contributed by atoms with Crippen molar-refractivity contribution in [1.82, 2.24) is 20.8 Å². The van der Waals surface area contributed by atoms with Crippen molar-refractivity contribution in [2.75, 3.05) is 32.1 Å². The zero-order valence-electron chi connectivity index (χ0n) is 27.4. The Bertz CT molecular complexity index is 1740. The topological polar surface area (TPSA) is 127 Å². The molecule has 1 saturated heterocycles. The second kappa shape index (κ2) is 16.6. The number of aryl methyl sites for hydroxylation is 1. The highest BCUT2D eigenvalue weighted by Crippen LogP contribution is 2.31. The van der Waals surface area contributed by atoms with Gasteiger partial charge in [0, 0.05) is 36.5 Å². The molecular weight excluding hydrogens is 618 g/mol. The first-order chi connectivity index (χ1) is 24.1. The Morgan fingerprint density at radius 3 is 2.24 bits per heavy atom. The van der Waals surface area contributed by atoms with Crippen LogP contribution in [0.2, 0.25) is 0 Å². The van der Waals surface area contributed by atoms with Crippen LogP contribution in [0.3, 0.4) is 0 Å². The molecule has 252 valence electrons.